The molecule has 8 heteroatoms. The van der Waals surface area contributed by atoms with E-state index in [-0.39, 0.29) is 31.5 Å². The summed E-state index contributed by atoms with van der Waals surface area (Å²) in [5, 5.41) is 5.88. The first-order valence-corrected chi connectivity index (χ1v) is 6.76. The highest BCUT2D eigenvalue weighted by molar-refractivity contribution is 6.27. The fourth-order valence-corrected chi connectivity index (χ4v) is 2.74. The quantitative estimate of drug-likeness (QED) is 0.585. The molecule has 2 aliphatic rings. The molecule has 0 spiro atoms. The Bertz CT molecular complexity index is 657. The van der Waals surface area contributed by atoms with E-state index in [1.165, 1.54) is 4.90 Å². The Hall–Kier alpha value is -2.19. The molecule has 1 fully saturated rings. The van der Waals surface area contributed by atoms with Crippen molar-refractivity contribution in [3.05, 3.63) is 34.9 Å². The molecule has 2 unspecified atom stereocenters. The van der Waals surface area contributed by atoms with Gasteiger partial charge in [-0.3, -0.25) is 19.7 Å². The van der Waals surface area contributed by atoms with Gasteiger partial charge in [-0.05, 0) is 17.7 Å². The Morgan fingerprint density at radius 3 is 2.59 bits per heavy atom. The number of carbonyl (C=O) groups excluding carboxylic acids is 3. The van der Waals surface area contributed by atoms with Gasteiger partial charge < -0.3 is 10.2 Å². The average Bonchev–Trinajstić information content (AvgIpc) is 2.84. The van der Waals surface area contributed by atoms with Gasteiger partial charge in [0, 0.05) is 25.2 Å². The zero-order valence-electron chi connectivity index (χ0n) is 11.4. The van der Waals surface area contributed by atoms with Crippen LogP contribution in [-0.2, 0) is 16.1 Å². The number of aldehydes is 1. The molecule has 0 saturated carbocycles. The van der Waals surface area contributed by atoms with Crippen molar-refractivity contribution in [1.29, 1.82) is 0 Å². The third kappa shape index (κ3) is 2.40. The minimum Gasteiger partial charge on any atom is -0.317 e. The number of nitrogens with one attached hydrogen (secondary N) is 2. The van der Waals surface area contributed by atoms with Crippen molar-refractivity contribution in [2.45, 2.75) is 18.8 Å². The fourth-order valence-electron chi connectivity index (χ4n) is 2.74. The third-order valence-corrected chi connectivity index (χ3v) is 3.93. The van der Waals surface area contributed by atoms with Crippen LogP contribution in [-0.4, -0.2) is 48.2 Å². The zero-order chi connectivity index (χ0) is 15.9. The second-order valence-corrected chi connectivity index (χ2v) is 5.26. The number of nitrogens with zero attached hydrogens (tertiary/aromatic N) is 1. The lowest BCUT2D eigenvalue weighted by molar-refractivity contribution is -0.131. The summed E-state index contributed by atoms with van der Waals surface area (Å²) in [6.07, 6.45) is -0.163. The highest BCUT2D eigenvalue weighted by atomic mass is 19.2. The largest absolute Gasteiger partial charge is 0.317 e. The molecule has 1 aromatic carbocycles. The van der Waals surface area contributed by atoms with E-state index in [0.29, 0.717) is 5.56 Å². The van der Waals surface area contributed by atoms with Crippen LogP contribution in [0.2, 0.25) is 0 Å². The first-order valence-electron chi connectivity index (χ1n) is 6.76. The maximum atomic E-state index is 13.3. The number of halogens is 2. The molecule has 22 heavy (non-hydrogen) atoms. The van der Waals surface area contributed by atoms with Gasteiger partial charge in [0.15, 0.2) is 17.9 Å². The average molecular weight is 309 g/mol. The van der Waals surface area contributed by atoms with Crippen molar-refractivity contribution < 1.29 is 23.2 Å². The standard InChI is InChI=1S/C14H13F2N3O3/c15-9-1-7-5-19(14(22)8(7)2-10(9)16)13-4-17-11(3-18-13)12(21)6-20/h1-2,6,11,13,17-18H,3-5H2. The van der Waals surface area contributed by atoms with E-state index in [1.807, 2.05) is 0 Å². The van der Waals surface area contributed by atoms with Crippen LogP contribution in [0.15, 0.2) is 12.1 Å². The second kappa shape index (κ2) is 5.54. The van der Waals surface area contributed by atoms with Gasteiger partial charge in [-0.1, -0.05) is 0 Å². The Balaban J connectivity index is 1.72. The fraction of sp³-hybridized carbons (Fsp3) is 0.357. The monoisotopic (exact) mass is 309 g/mol. The molecule has 1 aromatic rings. The summed E-state index contributed by atoms with van der Waals surface area (Å²) in [4.78, 5) is 35.5. The molecule has 2 heterocycles. The van der Waals surface area contributed by atoms with Gasteiger partial charge in [-0.25, -0.2) is 8.78 Å². The topological polar surface area (TPSA) is 78.5 Å². The van der Waals surface area contributed by atoms with E-state index in [1.54, 1.807) is 0 Å². The smallest absolute Gasteiger partial charge is 0.255 e. The second-order valence-electron chi connectivity index (χ2n) is 5.26. The minimum atomic E-state index is -1.06. The predicted molar refractivity (Wildman–Crippen MR) is 70.9 cm³/mol. The molecule has 2 aliphatic heterocycles. The Morgan fingerprint density at radius 1 is 1.23 bits per heavy atom. The van der Waals surface area contributed by atoms with E-state index < -0.39 is 35.5 Å². The maximum absolute atomic E-state index is 13.3. The molecular weight excluding hydrogens is 296 g/mol. The number of Topliss-reactive ketones (excluding diaryl/α,β-unsaturated/α-hetero) is 1. The number of piperazine rings is 1. The van der Waals surface area contributed by atoms with Gasteiger partial charge in [-0.15, -0.1) is 0 Å². The van der Waals surface area contributed by atoms with E-state index in [2.05, 4.69) is 10.6 Å². The molecule has 1 saturated heterocycles. The molecule has 6 nitrogen and oxygen atoms in total. The lowest BCUT2D eigenvalue weighted by atomic mass is 10.1. The van der Waals surface area contributed by atoms with E-state index in [0.717, 1.165) is 12.1 Å². The van der Waals surface area contributed by atoms with Gasteiger partial charge in [-0.2, -0.15) is 0 Å². The number of fused-ring (bicyclic) bond motifs is 1. The number of carbonyl (C=O) groups is 3. The molecule has 0 aliphatic carbocycles. The van der Waals surface area contributed by atoms with Crippen molar-refractivity contribution >= 4 is 18.0 Å². The van der Waals surface area contributed by atoms with Crippen LogP contribution in [0, 0.1) is 11.6 Å². The number of amides is 1. The predicted octanol–water partition coefficient (Wildman–Crippen LogP) is -0.424. The molecular formula is C14H13F2N3O3. The summed E-state index contributed by atoms with van der Waals surface area (Å²) in [6.45, 7) is 0.622. The minimum absolute atomic E-state index is 0.145. The van der Waals surface area contributed by atoms with E-state index >= 15 is 0 Å². The maximum Gasteiger partial charge on any atom is 0.255 e. The van der Waals surface area contributed by atoms with Crippen LogP contribution in [0.1, 0.15) is 15.9 Å². The van der Waals surface area contributed by atoms with Crippen LogP contribution in [0.3, 0.4) is 0 Å². The molecule has 2 N–H and O–H groups in total. The van der Waals surface area contributed by atoms with Crippen molar-refractivity contribution in [2.24, 2.45) is 0 Å². The van der Waals surface area contributed by atoms with Crippen molar-refractivity contribution in [3.8, 4) is 0 Å². The number of hydrogen-bond donors (Lipinski definition) is 2. The van der Waals surface area contributed by atoms with Crippen LogP contribution >= 0.6 is 0 Å². The molecule has 2 atom stereocenters. The Morgan fingerprint density at radius 2 is 1.95 bits per heavy atom. The van der Waals surface area contributed by atoms with Gasteiger partial charge in [0.25, 0.3) is 5.91 Å². The first kappa shape index (κ1) is 14.7. The Labute approximate surface area is 124 Å². The van der Waals surface area contributed by atoms with Gasteiger partial charge >= 0.3 is 0 Å². The molecule has 1 amide bonds. The molecule has 0 bridgehead atoms. The summed E-state index contributed by atoms with van der Waals surface area (Å²) in [5.74, 6) is -3.00. The third-order valence-electron chi connectivity index (χ3n) is 3.93. The van der Waals surface area contributed by atoms with Crippen LogP contribution in [0.4, 0.5) is 8.78 Å². The van der Waals surface area contributed by atoms with E-state index in [9.17, 15) is 23.2 Å². The SMILES string of the molecule is O=CC(=O)C1CNC(N2Cc3cc(F)c(F)cc3C2=O)CN1. The Kier molecular flexibility index (Phi) is 3.71. The number of ketones is 1. The first-order chi connectivity index (χ1) is 10.5. The van der Waals surface area contributed by atoms with Crippen LogP contribution < -0.4 is 10.6 Å². The molecule has 116 valence electrons. The van der Waals surface area contributed by atoms with Crippen molar-refractivity contribution in [2.75, 3.05) is 13.1 Å². The molecule has 0 aromatic heterocycles. The highest BCUT2D eigenvalue weighted by Gasteiger charge is 2.36. The number of rotatable bonds is 3. The summed E-state index contributed by atoms with van der Waals surface area (Å²) >= 11 is 0. The van der Waals surface area contributed by atoms with Crippen molar-refractivity contribution in [1.82, 2.24) is 15.5 Å². The summed E-state index contributed by atoms with van der Waals surface area (Å²) < 4.78 is 26.5. The number of hydrogen-bond acceptors (Lipinski definition) is 5. The highest BCUT2D eigenvalue weighted by Crippen LogP contribution is 2.26. The lowest BCUT2D eigenvalue weighted by Crippen LogP contribution is -2.62. The molecule has 3 rings (SSSR count). The van der Waals surface area contributed by atoms with E-state index in [4.69, 9.17) is 0 Å². The van der Waals surface area contributed by atoms with Crippen LogP contribution in [0.25, 0.3) is 0 Å². The zero-order valence-corrected chi connectivity index (χ0v) is 11.4. The summed E-state index contributed by atoms with van der Waals surface area (Å²) in [7, 11) is 0. The molecule has 0 radical (unpaired) electrons. The normalized spacial score (nSPS) is 24.3. The lowest BCUT2D eigenvalue weighted by Gasteiger charge is -2.35. The van der Waals surface area contributed by atoms with Crippen LogP contribution in [0.5, 0.6) is 0 Å². The summed E-state index contributed by atoms with van der Waals surface area (Å²) in [5.41, 5.74) is 0.573. The van der Waals surface area contributed by atoms with Gasteiger partial charge in [0.1, 0.15) is 0 Å². The van der Waals surface area contributed by atoms with Gasteiger partial charge in [0.05, 0.1) is 12.2 Å². The van der Waals surface area contributed by atoms with Crippen molar-refractivity contribution in [3.63, 3.8) is 0 Å². The van der Waals surface area contributed by atoms with Gasteiger partial charge in [0.2, 0.25) is 5.78 Å². The summed E-state index contributed by atoms with van der Waals surface area (Å²) in [6, 6.07) is 1.31. The number of benzene rings is 1.